The molecular formula is C19H25N3O3. The van der Waals surface area contributed by atoms with E-state index in [-0.39, 0.29) is 23.5 Å². The van der Waals surface area contributed by atoms with Crippen LogP contribution in [0.3, 0.4) is 0 Å². The molecule has 1 atom stereocenters. The van der Waals surface area contributed by atoms with Crippen molar-refractivity contribution >= 4 is 17.5 Å². The minimum Gasteiger partial charge on any atom is -0.459 e. The third kappa shape index (κ3) is 4.28. The molecule has 0 saturated carbocycles. The first-order valence-corrected chi connectivity index (χ1v) is 8.25. The van der Waals surface area contributed by atoms with Crippen LogP contribution in [0.25, 0.3) is 0 Å². The van der Waals surface area contributed by atoms with Crippen LogP contribution in [0, 0.1) is 12.8 Å². The number of nitrogens with one attached hydrogen (secondary N) is 2. The van der Waals surface area contributed by atoms with E-state index in [4.69, 9.17) is 10.2 Å². The third-order valence-corrected chi connectivity index (χ3v) is 4.59. The monoisotopic (exact) mass is 343 g/mol. The van der Waals surface area contributed by atoms with Gasteiger partial charge in [0, 0.05) is 17.8 Å². The van der Waals surface area contributed by atoms with E-state index in [1.165, 1.54) is 6.26 Å². The zero-order chi connectivity index (χ0) is 18.6. The molecule has 2 rings (SSSR count). The molecule has 0 saturated heterocycles. The molecule has 1 heterocycles. The zero-order valence-corrected chi connectivity index (χ0v) is 15.1. The van der Waals surface area contributed by atoms with Crippen molar-refractivity contribution in [1.29, 1.82) is 0 Å². The normalized spacial score (nSPS) is 13.4. The largest absolute Gasteiger partial charge is 0.459 e. The number of hydrogen-bond donors (Lipinski definition) is 3. The molecule has 0 bridgehead atoms. The Hall–Kier alpha value is -2.60. The van der Waals surface area contributed by atoms with Gasteiger partial charge in [-0.05, 0) is 49.6 Å². The van der Waals surface area contributed by atoms with Gasteiger partial charge in [0.05, 0.1) is 11.8 Å². The summed E-state index contributed by atoms with van der Waals surface area (Å²) < 4.78 is 5.09. The van der Waals surface area contributed by atoms with Crippen LogP contribution in [0.15, 0.2) is 41.0 Å². The number of amides is 2. The average molecular weight is 343 g/mol. The van der Waals surface area contributed by atoms with E-state index in [1.807, 2.05) is 27.7 Å². The Morgan fingerprint density at radius 1 is 1.24 bits per heavy atom. The van der Waals surface area contributed by atoms with E-state index in [9.17, 15) is 9.59 Å². The highest BCUT2D eigenvalue weighted by Gasteiger charge is 2.29. The summed E-state index contributed by atoms with van der Waals surface area (Å²) >= 11 is 0. The molecule has 1 aromatic carbocycles. The van der Waals surface area contributed by atoms with Gasteiger partial charge in [0.25, 0.3) is 11.8 Å². The zero-order valence-electron chi connectivity index (χ0n) is 15.1. The molecule has 0 aliphatic rings. The van der Waals surface area contributed by atoms with E-state index >= 15 is 0 Å². The number of carbonyl (C=O) groups is 2. The van der Waals surface area contributed by atoms with Crippen molar-refractivity contribution in [1.82, 2.24) is 5.32 Å². The van der Waals surface area contributed by atoms with Crippen LogP contribution in [-0.2, 0) is 0 Å². The van der Waals surface area contributed by atoms with E-state index < -0.39 is 5.54 Å². The maximum Gasteiger partial charge on any atom is 0.291 e. The molecule has 134 valence electrons. The van der Waals surface area contributed by atoms with Crippen LogP contribution in [0.5, 0.6) is 0 Å². The van der Waals surface area contributed by atoms with Crippen LogP contribution >= 0.6 is 0 Å². The number of furan rings is 1. The Morgan fingerprint density at radius 2 is 1.96 bits per heavy atom. The molecule has 0 aliphatic carbocycles. The minimum atomic E-state index is -0.500. The number of carbonyl (C=O) groups excluding carboxylic acids is 2. The van der Waals surface area contributed by atoms with Crippen molar-refractivity contribution in [2.75, 3.05) is 11.9 Å². The van der Waals surface area contributed by atoms with E-state index in [0.717, 1.165) is 5.56 Å². The molecular weight excluding hydrogens is 318 g/mol. The summed E-state index contributed by atoms with van der Waals surface area (Å²) in [7, 11) is 0. The second-order valence-corrected chi connectivity index (χ2v) is 6.69. The van der Waals surface area contributed by atoms with Crippen LogP contribution in [-0.4, -0.2) is 23.9 Å². The summed E-state index contributed by atoms with van der Waals surface area (Å²) in [4.78, 5) is 24.8. The highest BCUT2D eigenvalue weighted by Crippen LogP contribution is 2.20. The lowest BCUT2D eigenvalue weighted by molar-refractivity contribution is 0.0882. The van der Waals surface area contributed by atoms with Gasteiger partial charge in [0.2, 0.25) is 0 Å². The molecule has 6 heteroatoms. The predicted molar refractivity (Wildman–Crippen MR) is 97.6 cm³/mol. The Morgan fingerprint density at radius 3 is 2.52 bits per heavy atom. The van der Waals surface area contributed by atoms with Gasteiger partial charge in [0.15, 0.2) is 5.76 Å². The number of benzene rings is 1. The van der Waals surface area contributed by atoms with Crippen molar-refractivity contribution in [3.05, 3.63) is 53.5 Å². The van der Waals surface area contributed by atoms with Crippen molar-refractivity contribution in [3.8, 4) is 0 Å². The summed E-state index contributed by atoms with van der Waals surface area (Å²) in [5, 5.41) is 5.76. The SMILES string of the molecule is Cc1ccc(C(=O)NC(C)(CN)C(C)C)cc1NC(=O)c1ccco1. The maximum absolute atomic E-state index is 12.6. The fraction of sp³-hybridized carbons (Fsp3) is 0.368. The number of aryl methyl sites for hydroxylation is 1. The van der Waals surface area contributed by atoms with Gasteiger partial charge in [-0.3, -0.25) is 9.59 Å². The number of hydrogen-bond acceptors (Lipinski definition) is 4. The highest BCUT2D eigenvalue weighted by atomic mass is 16.3. The van der Waals surface area contributed by atoms with Crippen LogP contribution in [0.4, 0.5) is 5.69 Å². The smallest absolute Gasteiger partial charge is 0.291 e. The lowest BCUT2D eigenvalue weighted by Crippen LogP contribution is -2.55. The molecule has 25 heavy (non-hydrogen) atoms. The molecule has 1 aromatic heterocycles. The van der Waals surface area contributed by atoms with E-state index in [1.54, 1.807) is 30.3 Å². The Balaban J connectivity index is 2.20. The van der Waals surface area contributed by atoms with Crippen molar-refractivity contribution < 1.29 is 14.0 Å². The average Bonchev–Trinajstić information content (AvgIpc) is 3.11. The molecule has 4 N–H and O–H groups in total. The Labute approximate surface area is 147 Å². The molecule has 0 spiro atoms. The molecule has 2 aromatic rings. The van der Waals surface area contributed by atoms with Crippen LogP contribution < -0.4 is 16.4 Å². The maximum atomic E-state index is 12.6. The Kier molecular flexibility index (Phi) is 5.64. The molecule has 6 nitrogen and oxygen atoms in total. The fourth-order valence-corrected chi connectivity index (χ4v) is 2.25. The van der Waals surface area contributed by atoms with E-state index in [0.29, 0.717) is 17.8 Å². The number of nitrogens with two attached hydrogens (primary N) is 1. The van der Waals surface area contributed by atoms with Gasteiger partial charge in [-0.15, -0.1) is 0 Å². The van der Waals surface area contributed by atoms with Crippen LogP contribution in [0.2, 0.25) is 0 Å². The van der Waals surface area contributed by atoms with Crippen LogP contribution in [0.1, 0.15) is 47.2 Å². The first kappa shape index (κ1) is 18.7. The topological polar surface area (TPSA) is 97.4 Å². The summed E-state index contributed by atoms with van der Waals surface area (Å²) in [5.41, 5.74) is 7.20. The quantitative estimate of drug-likeness (QED) is 0.751. The lowest BCUT2D eigenvalue weighted by atomic mass is 9.88. The summed E-state index contributed by atoms with van der Waals surface area (Å²) in [6, 6.07) is 8.40. The molecule has 2 amide bonds. The van der Waals surface area contributed by atoms with Gasteiger partial charge in [-0.25, -0.2) is 0 Å². The summed E-state index contributed by atoms with van der Waals surface area (Å²) in [5.74, 6) is -0.190. The second-order valence-electron chi connectivity index (χ2n) is 6.69. The van der Waals surface area contributed by atoms with Gasteiger partial charge in [-0.1, -0.05) is 19.9 Å². The first-order valence-electron chi connectivity index (χ1n) is 8.25. The summed E-state index contributed by atoms with van der Waals surface area (Å²) in [6.45, 7) is 8.14. The van der Waals surface area contributed by atoms with Gasteiger partial charge < -0.3 is 20.8 Å². The summed E-state index contributed by atoms with van der Waals surface area (Å²) in [6.07, 6.45) is 1.44. The van der Waals surface area contributed by atoms with E-state index in [2.05, 4.69) is 10.6 Å². The third-order valence-electron chi connectivity index (χ3n) is 4.59. The predicted octanol–water partition coefficient (Wildman–Crippen LogP) is 2.94. The van der Waals surface area contributed by atoms with Gasteiger partial charge in [-0.2, -0.15) is 0 Å². The standard InChI is InChI=1S/C19H25N3O3/c1-12(2)19(4,11-20)22-17(23)14-8-7-13(3)15(10-14)21-18(24)16-6-5-9-25-16/h5-10,12H,11,20H2,1-4H3,(H,21,24)(H,22,23). The number of anilines is 1. The molecule has 1 unspecified atom stereocenters. The Bertz CT molecular complexity index is 753. The lowest BCUT2D eigenvalue weighted by Gasteiger charge is -2.33. The van der Waals surface area contributed by atoms with Crippen molar-refractivity contribution in [2.24, 2.45) is 11.7 Å². The van der Waals surface area contributed by atoms with Gasteiger partial charge in [0.1, 0.15) is 0 Å². The molecule has 0 fully saturated rings. The molecule has 0 radical (unpaired) electrons. The van der Waals surface area contributed by atoms with Crippen molar-refractivity contribution in [2.45, 2.75) is 33.2 Å². The van der Waals surface area contributed by atoms with Crippen molar-refractivity contribution in [3.63, 3.8) is 0 Å². The highest BCUT2D eigenvalue weighted by molar-refractivity contribution is 6.04. The first-order chi connectivity index (χ1) is 11.8. The molecule has 0 aliphatic heterocycles. The van der Waals surface area contributed by atoms with Gasteiger partial charge >= 0.3 is 0 Å². The second kappa shape index (κ2) is 7.53. The fourth-order valence-electron chi connectivity index (χ4n) is 2.25. The minimum absolute atomic E-state index is 0.185. The number of rotatable bonds is 6.